The highest BCUT2D eigenvalue weighted by Gasteiger charge is 2.15. The molecule has 1 aromatic carbocycles. The van der Waals surface area contributed by atoms with E-state index < -0.39 is 0 Å². The molecule has 0 aliphatic carbocycles. The second kappa shape index (κ2) is 3.03. The molecule has 2 nitrogen and oxygen atoms in total. The smallest absolute Gasteiger partial charge is 0.134 e. The summed E-state index contributed by atoms with van der Waals surface area (Å²) in [4.78, 5) is 0. The molecular formula is C9H10NO. The van der Waals surface area contributed by atoms with Crippen LogP contribution in [0.15, 0.2) is 24.3 Å². The van der Waals surface area contributed by atoms with E-state index in [1.165, 1.54) is 5.56 Å². The molecule has 0 bridgehead atoms. The molecular weight excluding hydrogens is 138 g/mol. The van der Waals surface area contributed by atoms with Crippen LogP contribution in [0.2, 0.25) is 0 Å². The Kier molecular flexibility index (Phi) is 1.88. The monoisotopic (exact) mass is 148 g/mol. The molecule has 0 amide bonds. The molecule has 1 aliphatic heterocycles. The Bertz CT molecular complexity index is 216. The molecule has 0 spiro atoms. The maximum Gasteiger partial charge on any atom is 0.134 e. The molecule has 57 valence electrons. The summed E-state index contributed by atoms with van der Waals surface area (Å²) in [6.07, 6.45) is 0.101. The summed E-state index contributed by atoms with van der Waals surface area (Å²) in [6.45, 7) is 1.76. The minimum atomic E-state index is 0.101. The first-order chi connectivity index (χ1) is 5.47. The molecule has 1 saturated heterocycles. The molecule has 1 N–H and O–H groups in total. The average Bonchev–Trinajstić information content (AvgIpc) is 2.58. The van der Waals surface area contributed by atoms with E-state index in [9.17, 15) is 0 Å². The predicted octanol–water partition coefficient (Wildman–Crippen LogP) is 1.11. The van der Waals surface area contributed by atoms with Crippen molar-refractivity contribution in [2.24, 2.45) is 0 Å². The van der Waals surface area contributed by atoms with Gasteiger partial charge in [-0.3, -0.25) is 5.32 Å². The van der Waals surface area contributed by atoms with Crippen molar-refractivity contribution >= 4 is 0 Å². The second-order valence-electron chi connectivity index (χ2n) is 2.54. The van der Waals surface area contributed by atoms with Crippen LogP contribution < -0.4 is 5.32 Å². The topological polar surface area (TPSA) is 21.3 Å². The molecule has 1 atom stereocenters. The fourth-order valence-corrected chi connectivity index (χ4v) is 1.21. The van der Waals surface area contributed by atoms with E-state index in [0.29, 0.717) is 0 Å². The van der Waals surface area contributed by atoms with Crippen LogP contribution in [0.4, 0.5) is 0 Å². The van der Waals surface area contributed by atoms with Crippen LogP contribution >= 0.6 is 0 Å². The summed E-state index contributed by atoms with van der Waals surface area (Å²) in [6, 6.07) is 10.8. The summed E-state index contributed by atoms with van der Waals surface area (Å²) < 4.78 is 5.41. The van der Waals surface area contributed by atoms with Gasteiger partial charge in [-0.05, 0) is 11.6 Å². The molecule has 1 radical (unpaired) electrons. The van der Waals surface area contributed by atoms with Gasteiger partial charge < -0.3 is 4.74 Å². The van der Waals surface area contributed by atoms with Crippen molar-refractivity contribution in [2.45, 2.75) is 6.23 Å². The standard InChI is InChI=1S/C9H10NO/c1-2-4-8(5-3-1)9-10-6-7-11-9/h2-5,9-10H,6-7H2. The first-order valence-electron chi connectivity index (χ1n) is 3.78. The number of nitrogens with one attached hydrogen (secondary N) is 1. The van der Waals surface area contributed by atoms with E-state index in [-0.39, 0.29) is 6.23 Å². The lowest BCUT2D eigenvalue weighted by Crippen LogP contribution is -2.13. The lowest BCUT2D eigenvalue weighted by molar-refractivity contribution is 0.102. The first-order valence-corrected chi connectivity index (χ1v) is 3.78. The summed E-state index contributed by atoms with van der Waals surface area (Å²) in [5.74, 6) is 0. The van der Waals surface area contributed by atoms with Gasteiger partial charge in [0.15, 0.2) is 0 Å². The zero-order valence-corrected chi connectivity index (χ0v) is 6.21. The Hall–Kier alpha value is -0.860. The minimum Gasteiger partial charge on any atom is -0.358 e. The molecule has 1 aromatic rings. The summed E-state index contributed by atoms with van der Waals surface area (Å²) in [7, 11) is 0. The SMILES string of the molecule is [c]1ccc(C2NCCO2)cc1. The van der Waals surface area contributed by atoms with Crippen molar-refractivity contribution in [3.05, 3.63) is 35.9 Å². The summed E-state index contributed by atoms with van der Waals surface area (Å²) in [5, 5.41) is 3.24. The number of hydrogen-bond donors (Lipinski definition) is 1. The first kappa shape index (κ1) is 6.83. The van der Waals surface area contributed by atoms with E-state index in [1.807, 2.05) is 24.3 Å². The van der Waals surface area contributed by atoms with Gasteiger partial charge in [-0.25, -0.2) is 0 Å². The highest BCUT2D eigenvalue weighted by atomic mass is 16.5. The van der Waals surface area contributed by atoms with Gasteiger partial charge in [0.1, 0.15) is 6.23 Å². The Morgan fingerprint density at radius 3 is 2.91 bits per heavy atom. The van der Waals surface area contributed by atoms with Gasteiger partial charge >= 0.3 is 0 Å². The number of hydrogen-bond acceptors (Lipinski definition) is 2. The van der Waals surface area contributed by atoms with Gasteiger partial charge in [0.25, 0.3) is 0 Å². The van der Waals surface area contributed by atoms with Gasteiger partial charge in [-0.1, -0.05) is 24.3 Å². The van der Waals surface area contributed by atoms with Gasteiger partial charge in [-0.15, -0.1) is 0 Å². The molecule has 1 fully saturated rings. The highest BCUT2D eigenvalue weighted by molar-refractivity contribution is 5.16. The molecule has 1 aliphatic rings. The molecule has 2 rings (SSSR count). The van der Waals surface area contributed by atoms with Crippen LogP contribution in [0, 0.1) is 6.07 Å². The van der Waals surface area contributed by atoms with Crippen molar-refractivity contribution in [3.63, 3.8) is 0 Å². The van der Waals surface area contributed by atoms with Crippen molar-refractivity contribution < 1.29 is 4.74 Å². The van der Waals surface area contributed by atoms with Crippen LogP contribution in [0.5, 0.6) is 0 Å². The number of rotatable bonds is 1. The maximum atomic E-state index is 5.41. The minimum absolute atomic E-state index is 0.101. The highest BCUT2D eigenvalue weighted by Crippen LogP contribution is 2.16. The van der Waals surface area contributed by atoms with E-state index in [0.717, 1.165) is 13.2 Å². The van der Waals surface area contributed by atoms with Crippen LogP contribution in [-0.4, -0.2) is 13.2 Å². The normalized spacial score (nSPS) is 23.8. The molecule has 0 saturated carbocycles. The maximum absolute atomic E-state index is 5.41. The van der Waals surface area contributed by atoms with E-state index >= 15 is 0 Å². The van der Waals surface area contributed by atoms with Gasteiger partial charge in [-0.2, -0.15) is 0 Å². The molecule has 0 aromatic heterocycles. The fourth-order valence-electron chi connectivity index (χ4n) is 1.21. The molecule has 11 heavy (non-hydrogen) atoms. The van der Waals surface area contributed by atoms with E-state index in [1.54, 1.807) is 0 Å². The zero-order chi connectivity index (χ0) is 7.52. The van der Waals surface area contributed by atoms with Gasteiger partial charge in [0.2, 0.25) is 0 Å². The van der Waals surface area contributed by atoms with Crippen molar-refractivity contribution in [2.75, 3.05) is 13.2 Å². The number of ether oxygens (including phenoxy) is 1. The van der Waals surface area contributed by atoms with Crippen LogP contribution in [0.1, 0.15) is 11.8 Å². The Labute approximate surface area is 66.2 Å². The summed E-state index contributed by atoms with van der Waals surface area (Å²) in [5.41, 5.74) is 1.18. The van der Waals surface area contributed by atoms with Crippen LogP contribution in [0.25, 0.3) is 0 Å². The third-order valence-corrected chi connectivity index (χ3v) is 1.76. The second-order valence-corrected chi connectivity index (χ2v) is 2.54. The Morgan fingerprint density at radius 2 is 2.27 bits per heavy atom. The lowest BCUT2D eigenvalue weighted by Gasteiger charge is -2.08. The van der Waals surface area contributed by atoms with E-state index in [4.69, 9.17) is 4.74 Å². The Balaban J connectivity index is 2.16. The third kappa shape index (κ3) is 1.42. The van der Waals surface area contributed by atoms with E-state index in [2.05, 4.69) is 11.4 Å². The Morgan fingerprint density at radius 1 is 1.45 bits per heavy atom. The predicted molar refractivity (Wildman–Crippen MR) is 42.0 cm³/mol. The van der Waals surface area contributed by atoms with Gasteiger partial charge in [0.05, 0.1) is 6.61 Å². The molecule has 2 heteroatoms. The van der Waals surface area contributed by atoms with Crippen molar-refractivity contribution in [1.82, 2.24) is 5.32 Å². The lowest BCUT2D eigenvalue weighted by atomic mass is 10.2. The van der Waals surface area contributed by atoms with Crippen molar-refractivity contribution in [1.29, 1.82) is 0 Å². The molecule has 1 unspecified atom stereocenters. The van der Waals surface area contributed by atoms with Crippen LogP contribution in [-0.2, 0) is 4.74 Å². The quantitative estimate of drug-likeness (QED) is 0.644. The number of benzene rings is 1. The molecule has 1 heterocycles. The third-order valence-electron chi connectivity index (χ3n) is 1.76. The largest absolute Gasteiger partial charge is 0.358 e. The summed E-state index contributed by atoms with van der Waals surface area (Å²) >= 11 is 0. The van der Waals surface area contributed by atoms with Crippen molar-refractivity contribution in [3.8, 4) is 0 Å². The zero-order valence-electron chi connectivity index (χ0n) is 6.21. The van der Waals surface area contributed by atoms with Crippen LogP contribution in [0.3, 0.4) is 0 Å². The van der Waals surface area contributed by atoms with Gasteiger partial charge in [0, 0.05) is 6.54 Å². The average molecular weight is 148 g/mol. The fraction of sp³-hybridized carbons (Fsp3) is 0.333.